The van der Waals surface area contributed by atoms with Crippen LogP contribution in [0.2, 0.25) is 0 Å². The minimum absolute atomic E-state index is 0.00612. The Labute approximate surface area is 159 Å². The maximum absolute atomic E-state index is 13.1. The fourth-order valence-electron chi connectivity index (χ4n) is 3.03. The highest BCUT2D eigenvalue weighted by Crippen LogP contribution is 2.35. The maximum atomic E-state index is 13.1. The molecule has 0 unspecified atom stereocenters. The Balaban J connectivity index is 1.83. The summed E-state index contributed by atoms with van der Waals surface area (Å²) in [5.74, 6) is -0.604. The minimum Gasteiger partial charge on any atom is -0.507 e. The van der Waals surface area contributed by atoms with E-state index in [-0.39, 0.29) is 34.8 Å². The van der Waals surface area contributed by atoms with Crippen LogP contribution in [0.15, 0.2) is 75.9 Å². The normalized spacial score (nSPS) is 10.9. The van der Waals surface area contributed by atoms with Crippen molar-refractivity contribution in [3.63, 3.8) is 0 Å². The van der Waals surface area contributed by atoms with Crippen LogP contribution in [0.25, 0.3) is 22.3 Å². The van der Waals surface area contributed by atoms with Gasteiger partial charge in [-0.05, 0) is 24.3 Å². The Kier molecular flexibility index (Phi) is 4.45. The Morgan fingerprint density at radius 2 is 1.64 bits per heavy atom. The zero-order valence-electron chi connectivity index (χ0n) is 14.6. The standard InChI is InChI=1S/C22H16FNO4/c23-14-6-8-15(9-7-14)24-12-16-17(25)10-18(26)21-19(27)11-20(28-22(16)21)13-4-2-1-3-5-13/h1-11,24-26H,12H2. The summed E-state index contributed by atoms with van der Waals surface area (Å²) in [5.41, 5.74) is 1.32. The molecule has 0 aliphatic carbocycles. The number of nitrogens with one attached hydrogen (secondary N) is 1. The van der Waals surface area contributed by atoms with Crippen molar-refractivity contribution in [3.05, 3.63) is 88.3 Å². The quantitative estimate of drug-likeness (QED) is 0.483. The second kappa shape index (κ2) is 7.08. The van der Waals surface area contributed by atoms with Crippen LogP contribution < -0.4 is 10.7 Å². The van der Waals surface area contributed by atoms with Crippen molar-refractivity contribution < 1.29 is 19.0 Å². The molecular weight excluding hydrogens is 361 g/mol. The molecule has 6 heteroatoms. The number of hydrogen-bond donors (Lipinski definition) is 3. The van der Waals surface area contributed by atoms with Crippen LogP contribution in [0, 0.1) is 5.82 Å². The van der Waals surface area contributed by atoms with E-state index in [0.717, 1.165) is 6.07 Å². The van der Waals surface area contributed by atoms with Crippen molar-refractivity contribution in [1.82, 2.24) is 0 Å². The summed E-state index contributed by atoms with van der Waals surface area (Å²) in [6.45, 7) is 0.107. The van der Waals surface area contributed by atoms with Crippen molar-refractivity contribution in [2.75, 3.05) is 5.32 Å². The zero-order valence-corrected chi connectivity index (χ0v) is 14.6. The second-order valence-electron chi connectivity index (χ2n) is 6.30. The van der Waals surface area contributed by atoms with E-state index < -0.39 is 5.43 Å². The molecule has 0 atom stereocenters. The van der Waals surface area contributed by atoms with Gasteiger partial charge in [-0.15, -0.1) is 0 Å². The average molecular weight is 377 g/mol. The van der Waals surface area contributed by atoms with Gasteiger partial charge in [0, 0.05) is 29.9 Å². The smallest absolute Gasteiger partial charge is 0.197 e. The first-order chi connectivity index (χ1) is 13.5. The summed E-state index contributed by atoms with van der Waals surface area (Å²) in [6, 6.07) is 17.2. The number of phenols is 2. The lowest BCUT2D eigenvalue weighted by Crippen LogP contribution is -2.06. The third kappa shape index (κ3) is 3.27. The summed E-state index contributed by atoms with van der Waals surface area (Å²) >= 11 is 0. The van der Waals surface area contributed by atoms with Gasteiger partial charge in [-0.2, -0.15) is 0 Å². The molecule has 28 heavy (non-hydrogen) atoms. The van der Waals surface area contributed by atoms with Gasteiger partial charge in [0.05, 0.1) is 5.56 Å². The first kappa shape index (κ1) is 17.6. The van der Waals surface area contributed by atoms with Gasteiger partial charge in [-0.25, -0.2) is 4.39 Å². The SMILES string of the molecule is O=c1cc(-c2ccccc2)oc2c(CNc3ccc(F)cc3)c(O)cc(O)c12. The van der Waals surface area contributed by atoms with E-state index in [4.69, 9.17) is 4.42 Å². The van der Waals surface area contributed by atoms with Crippen LogP contribution in [-0.2, 0) is 6.54 Å². The van der Waals surface area contributed by atoms with E-state index in [1.165, 1.54) is 18.2 Å². The summed E-state index contributed by atoms with van der Waals surface area (Å²) in [7, 11) is 0. The number of anilines is 1. The monoisotopic (exact) mass is 377 g/mol. The molecule has 0 aliphatic rings. The Morgan fingerprint density at radius 1 is 0.929 bits per heavy atom. The maximum Gasteiger partial charge on any atom is 0.197 e. The number of hydrogen-bond acceptors (Lipinski definition) is 5. The Morgan fingerprint density at radius 3 is 2.36 bits per heavy atom. The molecule has 0 radical (unpaired) electrons. The van der Waals surface area contributed by atoms with Gasteiger partial charge in [0.25, 0.3) is 0 Å². The second-order valence-corrected chi connectivity index (χ2v) is 6.30. The Bertz CT molecular complexity index is 1200. The van der Waals surface area contributed by atoms with E-state index >= 15 is 0 Å². The summed E-state index contributed by atoms with van der Waals surface area (Å²) in [6.07, 6.45) is 0. The number of rotatable bonds is 4. The van der Waals surface area contributed by atoms with E-state index in [1.807, 2.05) is 18.2 Å². The Hall–Kier alpha value is -3.80. The lowest BCUT2D eigenvalue weighted by atomic mass is 10.1. The third-order valence-corrected chi connectivity index (χ3v) is 4.43. The molecular formula is C22H16FNO4. The summed E-state index contributed by atoms with van der Waals surface area (Å²) in [5, 5.41) is 23.5. The molecule has 0 saturated heterocycles. The number of phenolic OH excluding ortho intramolecular Hbond substituents is 2. The molecule has 4 aromatic rings. The van der Waals surface area contributed by atoms with E-state index in [1.54, 1.807) is 24.3 Å². The van der Waals surface area contributed by atoms with E-state index in [9.17, 15) is 19.4 Å². The highest BCUT2D eigenvalue weighted by molar-refractivity contribution is 5.89. The van der Waals surface area contributed by atoms with Crippen LogP contribution in [0.4, 0.5) is 10.1 Å². The van der Waals surface area contributed by atoms with Crippen LogP contribution in [-0.4, -0.2) is 10.2 Å². The molecule has 0 spiro atoms. The third-order valence-electron chi connectivity index (χ3n) is 4.43. The number of aromatic hydroxyl groups is 2. The predicted molar refractivity (Wildman–Crippen MR) is 105 cm³/mol. The van der Waals surface area contributed by atoms with Gasteiger partial charge < -0.3 is 19.9 Å². The average Bonchev–Trinajstić information content (AvgIpc) is 2.69. The fraction of sp³-hybridized carbons (Fsp3) is 0.0455. The largest absolute Gasteiger partial charge is 0.507 e. The summed E-state index contributed by atoms with van der Waals surface area (Å²) in [4.78, 5) is 12.6. The van der Waals surface area contributed by atoms with E-state index in [2.05, 4.69) is 5.32 Å². The first-order valence-electron chi connectivity index (χ1n) is 8.59. The van der Waals surface area contributed by atoms with Crippen molar-refractivity contribution in [2.24, 2.45) is 0 Å². The first-order valence-corrected chi connectivity index (χ1v) is 8.59. The van der Waals surface area contributed by atoms with Crippen LogP contribution in [0.1, 0.15) is 5.56 Å². The van der Waals surface area contributed by atoms with Gasteiger partial charge in [0.2, 0.25) is 0 Å². The number of halogens is 1. The molecule has 3 aromatic carbocycles. The van der Waals surface area contributed by atoms with Crippen molar-refractivity contribution in [1.29, 1.82) is 0 Å². The number of fused-ring (bicyclic) bond motifs is 1. The van der Waals surface area contributed by atoms with Gasteiger partial charge in [-0.1, -0.05) is 30.3 Å². The molecule has 0 fully saturated rings. The minimum atomic E-state index is -0.416. The highest BCUT2D eigenvalue weighted by Gasteiger charge is 2.18. The van der Waals surface area contributed by atoms with Crippen molar-refractivity contribution >= 4 is 16.7 Å². The zero-order chi connectivity index (χ0) is 19.7. The van der Waals surface area contributed by atoms with Crippen molar-refractivity contribution in [3.8, 4) is 22.8 Å². The number of benzene rings is 3. The highest BCUT2D eigenvalue weighted by atomic mass is 19.1. The van der Waals surface area contributed by atoms with Gasteiger partial charge in [0.15, 0.2) is 11.0 Å². The van der Waals surface area contributed by atoms with Crippen LogP contribution >= 0.6 is 0 Å². The molecule has 1 aromatic heterocycles. The van der Waals surface area contributed by atoms with Gasteiger partial charge >= 0.3 is 0 Å². The molecule has 140 valence electrons. The van der Waals surface area contributed by atoms with E-state index in [0.29, 0.717) is 22.6 Å². The predicted octanol–water partition coefficient (Wildman–Crippen LogP) is 4.62. The molecule has 4 rings (SSSR count). The van der Waals surface area contributed by atoms with Crippen LogP contribution in [0.5, 0.6) is 11.5 Å². The van der Waals surface area contributed by atoms with Gasteiger partial charge in [0.1, 0.15) is 28.5 Å². The van der Waals surface area contributed by atoms with Gasteiger partial charge in [-0.3, -0.25) is 4.79 Å². The topological polar surface area (TPSA) is 82.7 Å². The van der Waals surface area contributed by atoms with Crippen molar-refractivity contribution in [2.45, 2.75) is 6.54 Å². The molecule has 1 heterocycles. The molecule has 0 amide bonds. The molecule has 0 aliphatic heterocycles. The lowest BCUT2D eigenvalue weighted by molar-refractivity contribution is 0.447. The molecule has 5 nitrogen and oxygen atoms in total. The van der Waals surface area contributed by atoms with Crippen LogP contribution in [0.3, 0.4) is 0 Å². The fourth-order valence-corrected chi connectivity index (χ4v) is 3.03. The molecule has 3 N–H and O–H groups in total. The molecule has 0 saturated carbocycles. The lowest BCUT2D eigenvalue weighted by Gasteiger charge is -2.12. The summed E-state index contributed by atoms with van der Waals surface area (Å²) < 4.78 is 19.0. The molecule has 0 bridgehead atoms.